The number of nitrogens with zero attached hydrogens (tertiary/aromatic N) is 1. The number of fused-ring (bicyclic) bond motifs is 1. The van der Waals surface area contributed by atoms with Gasteiger partial charge in [0.25, 0.3) is 0 Å². The molecule has 2 heterocycles. The first-order valence-corrected chi connectivity index (χ1v) is 9.55. The lowest BCUT2D eigenvalue weighted by molar-refractivity contribution is -0.117. The van der Waals surface area contributed by atoms with E-state index in [1.54, 1.807) is 6.92 Å². The van der Waals surface area contributed by atoms with E-state index in [1.807, 2.05) is 0 Å². The van der Waals surface area contributed by atoms with E-state index in [2.05, 4.69) is 15.5 Å². The van der Waals surface area contributed by atoms with Crippen LogP contribution < -0.4 is 10.6 Å². The number of anilines is 1. The van der Waals surface area contributed by atoms with Crippen LogP contribution in [0.15, 0.2) is 0 Å². The maximum Gasteiger partial charge on any atom is 0.341 e. The van der Waals surface area contributed by atoms with Crippen LogP contribution in [0.1, 0.15) is 40.6 Å². The molecule has 0 radical (unpaired) electrons. The first kappa shape index (κ1) is 17.4. The minimum atomic E-state index is -0.314. The minimum Gasteiger partial charge on any atom is -0.462 e. The zero-order valence-corrected chi connectivity index (χ0v) is 15.0. The van der Waals surface area contributed by atoms with Crippen LogP contribution in [0.25, 0.3) is 0 Å². The Kier molecular flexibility index (Phi) is 5.86. The second-order valence-corrected chi connectivity index (χ2v) is 7.31. The van der Waals surface area contributed by atoms with Gasteiger partial charge in [-0.25, -0.2) is 4.79 Å². The second kappa shape index (κ2) is 8.09. The maximum atomic E-state index is 12.4. The Morgan fingerprint density at radius 1 is 1.25 bits per heavy atom. The van der Waals surface area contributed by atoms with Gasteiger partial charge in [-0.3, -0.25) is 9.69 Å². The van der Waals surface area contributed by atoms with Gasteiger partial charge in [0.15, 0.2) is 0 Å². The summed E-state index contributed by atoms with van der Waals surface area (Å²) in [4.78, 5) is 28.1. The van der Waals surface area contributed by atoms with E-state index >= 15 is 0 Å². The predicted octanol–water partition coefficient (Wildman–Crippen LogP) is 1.65. The monoisotopic (exact) mass is 351 g/mol. The Labute approximate surface area is 146 Å². The van der Waals surface area contributed by atoms with Crippen LogP contribution >= 0.6 is 11.3 Å². The fourth-order valence-corrected chi connectivity index (χ4v) is 4.63. The summed E-state index contributed by atoms with van der Waals surface area (Å²) in [5.74, 6) is -0.367. The largest absolute Gasteiger partial charge is 0.462 e. The molecule has 1 aromatic heterocycles. The third-order valence-corrected chi connectivity index (χ3v) is 5.66. The molecule has 1 aliphatic heterocycles. The van der Waals surface area contributed by atoms with Gasteiger partial charge in [-0.1, -0.05) is 0 Å². The summed E-state index contributed by atoms with van der Waals surface area (Å²) >= 11 is 1.53. The first-order chi connectivity index (χ1) is 11.7. The second-order valence-electron chi connectivity index (χ2n) is 6.21. The molecule has 1 amide bonds. The van der Waals surface area contributed by atoms with E-state index < -0.39 is 0 Å². The quantitative estimate of drug-likeness (QED) is 0.790. The molecule has 1 aliphatic carbocycles. The molecule has 132 valence electrons. The molecule has 2 N–H and O–H groups in total. The number of hydrogen-bond acceptors (Lipinski definition) is 6. The van der Waals surface area contributed by atoms with Gasteiger partial charge >= 0.3 is 5.97 Å². The molecule has 0 spiro atoms. The van der Waals surface area contributed by atoms with Gasteiger partial charge in [0.2, 0.25) is 5.91 Å². The number of rotatable bonds is 5. The average Bonchev–Trinajstić information content (AvgIpc) is 3.00. The summed E-state index contributed by atoms with van der Waals surface area (Å²) in [6, 6.07) is 0. The molecule has 0 unspecified atom stereocenters. The van der Waals surface area contributed by atoms with Crippen molar-refractivity contribution in [2.45, 2.75) is 32.6 Å². The molecule has 3 rings (SSSR count). The molecule has 1 saturated heterocycles. The van der Waals surface area contributed by atoms with Crippen molar-refractivity contribution in [3.8, 4) is 0 Å². The van der Waals surface area contributed by atoms with E-state index in [0.29, 0.717) is 23.7 Å². The number of ether oxygens (including phenoxy) is 1. The molecule has 1 aromatic rings. The molecule has 0 atom stereocenters. The fraction of sp³-hybridized carbons (Fsp3) is 0.647. The first-order valence-electron chi connectivity index (χ1n) is 8.73. The molecular formula is C17H25N3O3S. The van der Waals surface area contributed by atoms with Crippen LogP contribution in [-0.2, 0) is 22.4 Å². The normalized spacial score (nSPS) is 18.0. The fourth-order valence-electron chi connectivity index (χ4n) is 3.34. The Balaban J connectivity index is 1.70. The summed E-state index contributed by atoms with van der Waals surface area (Å²) < 4.78 is 5.20. The van der Waals surface area contributed by atoms with Crippen LogP contribution in [0.4, 0.5) is 5.00 Å². The van der Waals surface area contributed by atoms with E-state index in [1.165, 1.54) is 16.2 Å². The van der Waals surface area contributed by atoms with Crippen molar-refractivity contribution < 1.29 is 14.3 Å². The number of amides is 1. The SMILES string of the molecule is CCOC(=O)c1c(NC(=O)CN2CCCNCC2)sc2c1CCC2. The maximum absolute atomic E-state index is 12.4. The molecule has 6 nitrogen and oxygen atoms in total. The summed E-state index contributed by atoms with van der Waals surface area (Å²) in [5.41, 5.74) is 1.66. The van der Waals surface area contributed by atoms with Gasteiger partial charge in [0.05, 0.1) is 18.7 Å². The molecule has 0 bridgehead atoms. The summed E-state index contributed by atoms with van der Waals surface area (Å²) in [6.07, 6.45) is 4.00. The van der Waals surface area contributed by atoms with Gasteiger partial charge < -0.3 is 15.4 Å². The molecule has 0 saturated carbocycles. The standard InChI is InChI=1S/C17H25N3O3S/c1-2-23-17(22)15-12-5-3-6-13(12)24-16(15)19-14(21)11-20-9-4-7-18-8-10-20/h18H,2-11H2,1H3,(H,19,21). The number of carbonyl (C=O) groups excluding carboxylic acids is 2. The Hall–Kier alpha value is -1.44. The van der Waals surface area contributed by atoms with Gasteiger partial charge in [-0.15, -0.1) is 11.3 Å². The highest BCUT2D eigenvalue weighted by Gasteiger charge is 2.28. The number of thiophene rings is 1. The zero-order valence-electron chi connectivity index (χ0n) is 14.2. The van der Waals surface area contributed by atoms with Crippen molar-refractivity contribution in [2.75, 3.05) is 44.6 Å². The van der Waals surface area contributed by atoms with Crippen LogP contribution in [0.2, 0.25) is 0 Å². The van der Waals surface area contributed by atoms with Gasteiger partial charge in [-0.05, 0) is 51.3 Å². The number of hydrogen-bond donors (Lipinski definition) is 2. The smallest absolute Gasteiger partial charge is 0.341 e. The highest BCUT2D eigenvalue weighted by Crippen LogP contribution is 2.39. The van der Waals surface area contributed by atoms with E-state index in [-0.39, 0.29) is 11.9 Å². The molecule has 24 heavy (non-hydrogen) atoms. The summed E-state index contributed by atoms with van der Waals surface area (Å²) in [7, 11) is 0. The van der Waals surface area contributed by atoms with Gasteiger partial charge in [0.1, 0.15) is 5.00 Å². The lowest BCUT2D eigenvalue weighted by Gasteiger charge is -2.18. The van der Waals surface area contributed by atoms with E-state index in [0.717, 1.165) is 57.4 Å². The minimum absolute atomic E-state index is 0.0534. The predicted molar refractivity (Wildman–Crippen MR) is 94.9 cm³/mol. The average molecular weight is 351 g/mol. The van der Waals surface area contributed by atoms with Gasteiger partial charge in [0, 0.05) is 18.0 Å². The third-order valence-electron chi connectivity index (χ3n) is 4.45. The number of aryl methyl sites for hydroxylation is 1. The number of carbonyl (C=O) groups is 2. The lowest BCUT2D eigenvalue weighted by Crippen LogP contribution is -2.35. The molecule has 0 aromatic carbocycles. The molecular weight excluding hydrogens is 326 g/mol. The zero-order chi connectivity index (χ0) is 16.9. The summed E-state index contributed by atoms with van der Waals surface area (Å²) in [5, 5.41) is 6.96. The highest BCUT2D eigenvalue weighted by molar-refractivity contribution is 7.17. The van der Waals surface area contributed by atoms with E-state index in [4.69, 9.17) is 4.74 Å². The van der Waals surface area contributed by atoms with Crippen LogP contribution in [0.3, 0.4) is 0 Å². The Bertz CT molecular complexity index is 606. The topological polar surface area (TPSA) is 70.7 Å². The van der Waals surface area contributed by atoms with Crippen molar-refractivity contribution >= 4 is 28.2 Å². The lowest BCUT2D eigenvalue weighted by atomic mass is 10.1. The molecule has 2 aliphatic rings. The Morgan fingerprint density at radius 3 is 2.96 bits per heavy atom. The van der Waals surface area contributed by atoms with Crippen molar-refractivity contribution in [3.63, 3.8) is 0 Å². The van der Waals surface area contributed by atoms with Crippen LogP contribution in [0.5, 0.6) is 0 Å². The Morgan fingerprint density at radius 2 is 2.12 bits per heavy atom. The van der Waals surface area contributed by atoms with Crippen molar-refractivity contribution in [3.05, 3.63) is 16.0 Å². The van der Waals surface area contributed by atoms with Crippen LogP contribution in [0, 0.1) is 0 Å². The number of esters is 1. The summed E-state index contributed by atoms with van der Waals surface area (Å²) in [6.45, 7) is 6.23. The van der Waals surface area contributed by atoms with Crippen molar-refractivity contribution in [2.24, 2.45) is 0 Å². The van der Waals surface area contributed by atoms with Crippen molar-refractivity contribution in [1.82, 2.24) is 10.2 Å². The van der Waals surface area contributed by atoms with Gasteiger partial charge in [-0.2, -0.15) is 0 Å². The van der Waals surface area contributed by atoms with Crippen molar-refractivity contribution in [1.29, 1.82) is 0 Å². The highest BCUT2D eigenvalue weighted by atomic mass is 32.1. The van der Waals surface area contributed by atoms with E-state index in [9.17, 15) is 9.59 Å². The van der Waals surface area contributed by atoms with Crippen LogP contribution in [-0.4, -0.2) is 56.1 Å². The number of nitrogens with one attached hydrogen (secondary N) is 2. The molecule has 7 heteroatoms. The third kappa shape index (κ3) is 3.96. The molecule has 1 fully saturated rings.